The molecule has 0 atom stereocenters. The number of halogens is 1. The summed E-state index contributed by atoms with van der Waals surface area (Å²) in [6.07, 6.45) is 0.203. The van der Waals surface area contributed by atoms with E-state index < -0.39 is 0 Å². The molecule has 0 spiro atoms. The van der Waals surface area contributed by atoms with Crippen molar-refractivity contribution in [1.29, 1.82) is 0 Å². The molecule has 0 aliphatic rings. The molecule has 17 heavy (non-hydrogen) atoms. The summed E-state index contributed by atoms with van der Waals surface area (Å²) in [5, 5.41) is 0. The minimum Gasteiger partial charge on any atom is -0.469 e. The first kappa shape index (κ1) is 11.8. The van der Waals surface area contributed by atoms with Crippen molar-refractivity contribution in [2.24, 2.45) is 0 Å². The zero-order chi connectivity index (χ0) is 12.4. The number of aryl methyl sites for hydroxylation is 1. The van der Waals surface area contributed by atoms with Crippen LogP contribution in [0.1, 0.15) is 6.42 Å². The van der Waals surface area contributed by atoms with E-state index in [1.807, 2.05) is 0 Å². The number of nitrogens with zero attached hydrogens (tertiary/aromatic N) is 1. The van der Waals surface area contributed by atoms with Crippen molar-refractivity contribution in [3.05, 3.63) is 28.8 Å². The molecule has 0 aliphatic carbocycles. The smallest absolute Gasteiger partial charge is 0.307 e. The van der Waals surface area contributed by atoms with E-state index in [1.54, 1.807) is 16.7 Å². The van der Waals surface area contributed by atoms with E-state index in [-0.39, 0.29) is 18.2 Å². The van der Waals surface area contributed by atoms with Crippen molar-refractivity contribution in [3.8, 4) is 0 Å². The number of fused-ring (bicyclic) bond motifs is 1. The first-order valence-corrected chi connectivity index (χ1v) is 5.48. The van der Waals surface area contributed by atoms with Gasteiger partial charge in [0.25, 0.3) is 0 Å². The van der Waals surface area contributed by atoms with Gasteiger partial charge in [-0.25, -0.2) is 4.39 Å². The molecule has 0 aliphatic heterocycles. The Labute approximate surface area is 102 Å². The van der Waals surface area contributed by atoms with Gasteiger partial charge in [-0.3, -0.25) is 4.79 Å². The van der Waals surface area contributed by atoms with Crippen LogP contribution in [0.4, 0.5) is 4.39 Å². The highest BCUT2D eigenvalue weighted by atomic mass is 32.1. The molecule has 6 heteroatoms. The lowest BCUT2D eigenvalue weighted by atomic mass is 10.3. The standard InChI is InChI=1S/C11H11FN2O2S/c1-16-9(15)5-6-14-8-4-2-3-7(12)10(8)13-11(14)17/h2-4H,5-6H2,1H3,(H,13,17). The van der Waals surface area contributed by atoms with Crippen LogP contribution in [0.5, 0.6) is 0 Å². The normalized spacial score (nSPS) is 10.7. The predicted molar refractivity (Wildman–Crippen MR) is 63.7 cm³/mol. The minimum absolute atomic E-state index is 0.203. The summed E-state index contributed by atoms with van der Waals surface area (Å²) >= 11 is 5.09. The molecule has 1 aromatic heterocycles. The van der Waals surface area contributed by atoms with Crippen LogP contribution < -0.4 is 0 Å². The van der Waals surface area contributed by atoms with E-state index in [1.165, 1.54) is 13.2 Å². The Balaban J connectivity index is 2.40. The Morgan fingerprint density at radius 2 is 2.35 bits per heavy atom. The van der Waals surface area contributed by atoms with Crippen molar-refractivity contribution in [1.82, 2.24) is 9.55 Å². The van der Waals surface area contributed by atoms with Crippen LogP contribution in [0.25, 0.3) is 11.0 Å². The molecule has 0 unspecified atom stereocenters. The number of methoxy groups -OCH3 is 1. The highest BCUT2D eigenvalue weighted by molar-refractivity contribution is 7.71. The Morgan fingerprint density at radius 1 is 1.59 bits per heavy atom. The molecule has 0 saturated heterocycles. The van der Waals surface area contributed by atoms with Gasteiger partial charge < -0.3 is 14.3 Å². The zero-order valence-corrected chi connectivity index (χ0v) is 10.0. The second-order valence-electron chi connectivity index (χ2n) is 3.54. The lowest BCUT2D eigenvalue weighted by Gasteiger charge is -2.03. The highest BCUT2D eigenvalue weighted by Gasteiger charge is 2.09. The molecule has 90 valence electrons. The number of para-hydroxylation sites is 1. The number of carbonyl (C=O) groups is 1. The van der Waals surface area contributed by atoms with Gasteiger partial charge >= 0.3 is 5.97 Å². The maximum Gasteiger partial charge on any atom is 0.307 e. The lowest BCUT2D eigenvalue weighted by Crippen LogP contribution is -2.06. The van der Waals surface area contributed by atoms with E-state index in [0.717, 1.165) is 0 Å². The Kier molecular flexibility index (Phi) is 3.23. The van der Waals surface area contributed by atoms with Crippen molar-refractivity contribution >= 4 is 29.2 Å². The van der Waals surface area contributed by atoms with E-state index >= 15 is 0 Å². The van der Waals surface area contributed by atoms with Crippen LogP contribution in [0.3, 0.4) is 0 Å². The number of benzene rings is 1. The SMILES string of the molecule is COC(=O)CCn1c(=S)[nH]c2c(F)cccc21. The molecule has 1 N–H and O–H groups in total. The second-order valence-corrected chi connectivity index (χ2v) is 3.93. The van der Waals surface area contributed by atoms with Crippen LogP contribution in [0.15, 0.2) is 18.2 Å². The fourth-order valence-electron chi connectivity index (χ4n) is 1.67. The summed E-state index contributed by atoms with van der Waals surface area (Å²) in [4.78, 5) is 13.9. The zero-order valence-electron chi connectivity index (χ0n) is 9.20. The Bertz CT molecular complexity index is 617. The number of ether oxygens (including phenoxy) is 1. The average Bonchev–Trinajstić information content (AvgIpc) is 2.64. The number of imidazole rings is 1. The molecule has 0 fully saturated rings. The maximum atomic E-state index is 13.5. The lowest BCUT2D eigenvalue weighted by molar-refractivity contribution is -0.140. The van der Waals surface area contributed by atoms with Crippen molar-refractivity contribution < 1.29 is 13.9 Å². The van der Waals surface area contributed by atoms with Gasteiger partial charge in [0.1, 0.15) is 11.3 Å². The van der Waals surface area contributed by atoms with Crippen molar-refractivity contribution in [2.45, 2.75) is 13.0 Å². The number of aromatic nitrogens is 2. The summed E-state index contributed by atoms with van der Waals surface area (Å²) in [7, 11) is 1.33. The third kappa shape index (κ3) is 2.21. The summed E-state index contributed by atoms with van der Waals surface area (Å²) in [5.74, 6) is -0.678. The van der Waals surface area contributed by atoms with Gasteiger partial charge in [-0.1, -0.05) is 6.07 Å². The number of H-pyrrole nitrogens is 1. The van der Waals surface area contributed by atoms with Gasteiger partial charge in [0.05, 0.1) is 19.0 Å². The molecule has 0 radical (unpaired) electrons. The van der Waals surface area contributed by atoms with E-state index in [0.29, 0.717) is 22.3 Å². The molecule has 0 bridgehead atoms. The molecular weight excluding hydrogens is 243 g/mol. The third-order valence-corrected chi connectivity index (χ3v) is 2.85. The van der Waals surface area contributed by atoms with Crippen LogP contribution in [0, 0.1) is 10.6 Å². The predicted octanol–water partition coefficient (Wildman–Crippen LogP) is 2.40. The van der Waals surface area contributed by atoms with Gasteiger partial charge in [0.15, 0.2) is 4.77 Å². The van der Waals surface area contributed by atoms with E-state index in [4.69, 9.17) is 12.2 Å². The highest BCUT2D eigenvalue weighted by Crippen LogP contribution is 2.17. The number of hydrogen-bond acceptors (Lipinski definition) is 3. The monoisotopic (exact) mass is 254 g/mol. The summed E-state index contributed by atoms with van der Waals surface area (Å²) in [5.41, 5.74) is 1.02. The molecule has 4 nitrogen and oxygen atoms in total. The topological polar surface area (TPSA) is 47.0 Å². The fourth-order valence-corrected chi connectivity index (χ4v) is 1.96. The summed E-state index contributed by atoms with van der Waals surface area (Å²) in [6, 6.07) is 4.72. The summed E-state index contributed by atoms with van der Waals surface area (Å²) in [6.45, 7) is 0.370. The average molecular weight is 254 g/mol. The third-order valence-electron chi connectivity index (χ3n) is 2.53. The quantitative estimate of drug-likeness (QED) is 0.676. The largest absolute Gasteiger partial charge is 0.469 e. The summed E-state index contributed by atoms with van der Waals surface area (Å²) < 4.78 is 20.1. The van der Waals surface area contributed by atoms with Gasteiger partial charge in [0, 0.05) is 6.54 Å². The first-order chi connectivity index (χ1) is 8.13. The van der Waals surface area contributed by atoms with Crippen molar-refractivity contribution in [2.75, 3.05) is 7.11 Å². The van der Waals surface area contributed by atoms with Gasteiger partial charge in [-0.15, -0.1) is 0 Å². The van der Waals surface area contributed by atoms with E-state index in [2.05, 4.69) is 9.72 Å². The van der Waals surface area contributed by atoms with Gasteiger partial charge in [-0.2, -0.15) is 0 Å². The molecule has 1 heterocycles. The Morgan fingerprint density at radius 3 is 3.06 bits per heavy atom. The Hall–Kier alpha value is -1.69. The first-order valence-electron chi connectivity index (χ1n) is 5.07. The maximum absolute atomic E-state index is 13.5. The molecule has 1 aromatic carbocycles. The van der Waals surface area contributed by atoms with Crippen molar-refractivity contribution in [3.63, 3.8) is 0 Å². The number of carbonyl (C=O) groups excluding carboxylic acids is 1. The van der Waals surface area contributed by atoms with Gasteiger partial charge in [0.2, 0.25) is 0 Å². The van der Waals surface area contributed by atoms with Gasteiger partial charge in [-0.05, 0) is 24.4 Å². The number of nitrogens with one attached hydrogen (secondary N) is 1. The molecule has 0 saturated carbocycles. The number of hydrogen-bond donors (Lipinski definition) is 1. The number of rotatable bonds is 3. The number of aromatic amines is 1. The molecule has 0 amide bonds. The molecular formula is C11H11FN2O2S. The van der Waals surface area contributed by atoms with Crippen LogP contribution in [-0.4, -0.2) is 22.6 Å². The van der Waals surface area contributed by atoms with Crippen LogP contribution in [-0.2, 0) is 16.1 Å². The minimum atomic E-state index is -0.356. The molecule has 2 rings (SSSR count). The second kappa shape index (κ2) is 4.67. The fraction of sp³-hybridized carbons (Fsp3) is 0.273. The van der Waals surface area contributed by atoms with Crippen LogP contribution >= 0.6 is 12.2 Å². The van der Waals surface area contributed by atoms with Crippen LogP contribution in [0.2, 0.25) is 0 Å². The number of esters is 1. The molecule has 2 aromatic rings. The van der Waals surface area contributed by atoms with E-state index in [9.17, 15) is 9.18 Å².